The molecule has 0 nitrogen and oxygen atoms in total. The van der Waals surface area contributed by atoms with Gasteiger partial charge >= 0.3 is 0 Å². The van der Waals surface area contributed by atoms with Crippen molar-refractivity contribution in [1.29, 1.82) is 0 Å². The molecule has 0 unspecified atom stereocenters. The lowest BCUT2D eigenvalue weighted by Crippen LogP contribution is -2.40. The second-order valence-electron chi connectivity index (χ2n) is 6.55. The van der Waals surface area contributed by atoms with E-state index in [2.05, 4.69) is 116 Å². The molecule has 25 heavy (non-hydrogen) atoms. The summed E-state index contributed by atoms with van der Waals surface area (Å²) < 4.78 is 0. The van der Waals surface area contributed by atoms with Crippen LogP contribution in [0.5, 0.6) is 0 Å². The third-order valence-electron chi connectivity index (χ3n) is 4.27. The van der Waals surface area contributed by atoms with Crippen LogP contribution in [0.3, 0.4) is 0 Å². The lowest BCUT2D eigenvalue weighted by molar-refractivity contribution is 1.71. The van der Waals surface area contributed by atoms with Crippen LogP contribution in [-0.4, -0.2) is 14.2 Å². The van der Waals surface area contributed by atoms with Gasteiger partial charge in [0, 0.05) is 6.16 Å². The second-order valence-corrected chi connectivity index (χ2v) is 12.8. The van der Waals surface area contributed by atoms with E-state index in [-0.39, 0.29) is 0 Å². The fourth-order valence-corrected chi connectivity index (χ4v) is 6.63. The van der Waals surface area contributed by atoms with Gasteiger partial charge in [0.05, 0.1) is 0 Å². The summed E-state index contributed by atoms with van der Waals surface area (Å²) in [7, 11) is -2.12. The van der Waals surface area contributed by atoms with Crippen LogP contribution in [0.15, 0.2) is 91.0 Å². The van der Waals surface area contributed by atoms with Gasteiger partial charge in [-0.25, -0.2) is 0 Å². The van der Waals surface area contributed by atoms with Gasteiger partial charge in [0.15, 0.2) is 8.07 Å². The molecule has 2 heteroatoms. The van der Waals surface area contributed by atoms with Gasteiger partial charge < -0.3 is 0 Å². The highest BCUT2D eigenvalue weighted by Gasteiger charge is 2.20. The van der Waals surface area contributed by atoms with Crippen molar-refractivity contribution in [2.75, 3.05) is 6.16 Å². The van der Waals surface area contributed by atoms with Gasteiger partial charge in [-0.15, -0.1) is 11.5 Å². The minimum Gasteiger partial charge on any atom is -0.126 e. The predicted octanol–water partition coefficient (Wildman–Crippen LogP) is 4.28. The van der Waals surface area contributed by atoms with Crippen molar-refractivity contribution in [2.45, 2.75) is 13.1 Å². The number of rotatable bonds is 4. The predicted molar refractivity (Wildman–Crippen MR) is 115 cm³/mol. The van der Waals surface area contributed by atoms with Crippen LogP contribution >= 0.6 is 7.92 Å². The summed E-state index contributed by atoms with van der Waals surface area (Å²) in [5.41, 5.74) is 3.65. The quantitative estimate of drug-likeness (QED) is 0.371. The highest BCUT2D eigenvalue weighted by atomic mass is 31.1. The lowest BCUT2D eigenvalue weighted by Gasteiger charge is -2.17. The lowest BCUT2D eigenvalue weighted by atomic mass is 10.4. The summed E-state index contributed by atoms with van der Waals surface area (Å²) in [5.74, 6) is 3.56. The van der Waals surface area contributed by atoms with E-state index < -0.39 is 16.0 Å². The largest absolute Gasteiger partial charge is 0.162 e. The molecule has 0 aromatic heterocycles. The molecule has 0 spiro atoms. The standard InChI is InChI=1S/C23H23PSi/c1-25(2,23-17-10-5-11-18-23)20-12-19-24(21-13-6-3-7-14-21)22-15-8-4-9-16-22/h3-11,13-18H,19H2,1-2H3. The highest BCUT2D eigenvalue weighted by Crippen LogP contribution is 2.32. The van der Waals surface area contributed by atoms with Gasteiger partial charge in [-0.1, -0.05) is 104 Å². The second kappa shape index (κ2) is 8.30. The monoisotopic (exact) mass is 358 g/mol. The van der Waals surface area contributed by atoms with E-state index in [0.717, 1.165) is 6.16 Å². The molecule has 0 amide bonds. The first-order valence-corrected chi connectivity index (χ1v) is 13.1. The maximum atomic E-state index is 3.65. The van der Waals surface area contributed by atoms with Crippen molar-refractivity contribution in [3.8, 4) is 11.5 Å². The zero-order valence-corrected chi connectivity index (χ0v) is 16.7. The zero-order valence-electron chi connectivity index (χ0n) is 14.8. The van der Waals surface area contributed by atoms with Crippen molar-refractivity contribution in [2.24, 2.45) is 0 Å². The van der Waals surface area contributed by atoms with Crippen LogP contribution in [-0.2, 0) is 0 Å². The molecule has 0 heterocycles. The van der Waals surface area contributed by atoms with E-state index in [0.29, 0.717) is 0 Å². The topological polar surface area (TPSA) is 0 Å². The van der Waals surface area contributed by atoms with Crippen molar-refractivity contribution in [3.05, 3.63) is 91.0 Å². The van der Waals surface area contributed by atoms with E-state index in [4.69, 9.17) is 0 Å². The normalized spacial score (nSPS) is 11.0. The van der Waals surface area contributed by atoms with Crippen molar-refractivity contribution in [3.63, 3.8) is 0 Å². The molecule has 0 saturated heterocycles. The Labute approximate surface area is 153 Å². The highest BCUT2D eigenvalue weighted by molar-refractivity contribution is 7.73. The van der Waals surface area contributed by atoms with E-state index in [9.17, 15) is 0 Å². The van der Waals surface area contributed by atoms with Gasteiger partial charge in [-0.2, -0.15) is 0 Å². The Hall–Kier alpha value is -2.13. The molecule has 3 aromatic carbocycles. The van der Waals surface area contributed by atoms with Crippen molar-refractivity contribution >= 4 is 31.8 Å². The fourth-order valence-electron chi connectivity index (χ4n) is 2.81. The first-order valence-electron chi connectivity index (χ1n) is 8.60. The minimum atomic E-state index is -1.70. The SMILES string of the molecule is C[Si](C)(C#CCP(c1ccccc1)c1ccccc1)c1ccccc1. The summed E-state index contributed by atoms with van der Waals surface area (Å²) in [6.07, 6.45) is 0.923. The van der Waals surface area contributed by atoms with Gasteiger partial charge in [0.1, 0.15) is 0 Å². The molecule has 3 aromatic rings. The third-order valence-corrected chi connectivity index (χ3v) is 9.17. The van der Waals surface area contributed by atoms with Crippen molar-refractivity contribution < 1.29 is 0 Å². The minimum absolute atomic E-state index is 0.424. The third kappa shape index (κ3) is 4.70. The van der Waals surface area contributed by atoms with Gasteiger partial charge in [0.2, 0.25) is 0 Å². The van der Waals surface area contributed by atoms with E-state index in [1.165, 1.54) is 15.8 Å². The Morgan fingerprint density at radius 1 is 0.680 bits per heavy atom. The van der Waals surface area contributed by atoms with Crippen LogP contribution in [0.2, 0.25) is 13.1 Å². The van der Waals surface area contributed by atoms with Gasteiger partial charge in [0.25, 0.3) is 0 Å². The summed E-state index contributed by atoms with van der Waals surface area (Å²) >= 11 is 0. The van der Waals surface area contributed by atoms with Crippen LogP contribution in [0.4, 0.5) is 0 Å². The van der Waals surface area contributed by atoms with Crippen LogP contribution in [0, 0.1) is 11.5 Å². The molecule has 0 aliphatic rings. The summed E-state index contributed by atoms with van der Waals surface area (Å²) in [6, 6.07) is 32.4. The molecule has 0 radical (unpaired) electrons. The molecule has 0 atom stereocenters. The van der Waals surface area contributed by atoms with E-state index in [1.54, 1.807) is 0 Å². The zero-order chi connectivity index (χ0) is 17.5. The molecule has 0 bridgehead atoms. The molecule has 0 N–H and O–H groups in total. The van der Waals surface area contributed by atoms with Gasteiger partial charge in [-0.3, -0.25) is 0 Å². The van der Waals surface area contributed by atoms with Gasteiger partial charge in [-0.05, 0) is 23.7 Å². The Bertz CT molecular complexity index is 807. The smallest absolute Gasteiger partial charge is 0.126 e. The van der Waals surface area contributed by atoms with Crippen LogP contribution in [0.1, 0.15) is 0 Å². The summed E-state index contributed by atoms with van der Waals surface area (Å²) in [6.45, 7) is 4.67. The van der Waals surface area contributed by atoms with E-state index in [1.807, 2.05) is 0 Å². The average molecular weight is 358 g/mol. The number of hydrogen-bond acceptors (Lipinski definition) is 0. The number of hydrogen-bond donors (Lipinski definition) is 0. The molecular formula is C23H23PSi. The molecule has 0 aliphatic carbocycles. The van der Waals surface area contributed by atoms with Crippen molar-refractivity contribution in [1.82, 2.24) is 0 Å². The maximum Gasteiger partial charge on any atom is 0.162 e. The van der Waals surface area contributed by atoms with Crippen LogP contribution in [0.25, 0.3) is 0 Å². The molecule has 0 fully saturated rings. The number of benzene rings is 3. The first-order chi connectivity index (χ1) is 12.2. The molecule has 124 valence electrons. The molecule has 0 aliphatic heterocycles. The Balaban J connectivity index is 1.86. The Kier molecular flexibility index (Phi) is 5.87. The molecular weight excluding hydrogens is 335 g/mol. The first kappa shape index (κ1) is 17.7. The fraction of sp³-hybridized carbons (Fsp3) is 0.130. The van der Waals surface area contributed by atoms with Crippen LogP contribution < -0.4 is 15.8 Å². The summed E-state index contributed by atoms with van der Waals surface area (Å²) in [4.78, 5) is 0. The van der Waals surface area contributed by atoms with E-state index >= 15 is 0 Å². The molecule has 3 rings (SSSR count). The Morgan fingerprint density at radius 2 is 1.12 bits per heavy atom. The maximum absolute atomic E-state index is 3.65. The molecule has 0 saturated carbocycles. The summed E-state index contributed by atoms with van der Waals surface area (Å²) in [5, 5.41) is 4.21. The Morgan fingerprint density at radius 3 is 1.60 bits per heavy atom. The average Bonchev–Trinajstić information content (AvgIpc) is 2.67.